The van der Waals surface area contributed by atoms with Gasteiger partial charge in [-0.15, -0.1) is 0 Å². The molecule has 0 spiro atoms. The molecule has 3 aromatic rings. The van der Waals surface area contributed by atoms with Crippen molar-refractivity contribution < 1.29 is 0 Å². The Morgan fingerprint density at radius 2 is 1.92 bits per heavy atom. The Bertz CT molecular complexity index is 898. The van der Waals surface area contributed by atoms with E-state index in [-0.39, 0.29) is 0 Å². The first-order valence-electron chi connectivity index (χ1n) is 8.72. The molecular weight excluding hydrogens is 355 g/mol. The van der Waals surface area contributed by atoms with Crippen LogP contribution in [0.5, 0.6) is 0 Å². The Hall–Kier alpha value is -1.65. The molecule has 0 N–H and O–H groups in total. The molecule has 0 aliphatic heterocycles. The summed E-state index contributed by atoms with van der Waals surface area (Å²) in [6, 6.07) is 3.68. The zero-order valence-electron chi connectivity index (χ0n) is 14.1. The fourth-order valence-corrected chi connectivity index (χ4v) is 4.10. The molecule has 3 aromatic heterocycles. The van der Waals surface area contributed by atoms with Crippen molar-refractivity contribution in [2.75, 3.05) is 0 Å². The van der Waals surface area contributed by atoms with Crippen molar-refractivity contribution in [2.24, 2.45) is 11.8 Å². The zero-order valence-corrected chi connectivity index (χ0v) is 15.6. The third-order valence-electron chi connectivity index (χ3n) is 5.13. The van der Waals surface area contributed by atoms with E-state index in [9.17, 15) is 0 Å². The lowest BCUT2D eigenvalue weighted by Crippen LogP contribution is -2.17. The molecule has 1 fully saturated rings. The number of hydrogen-bond donors (Lipinski definition) is 0. The van der Waals surface area contributed by atoms with Gasteiger partial charge in [-0.2, -0.15) is 0 Å². The van der Waals surface area contributed by atoms with Crippen LogP contribution in [0.1, 0.15) is 32.6 Å². The minimum atomic E-state index is 0.430. The van der Waals surface area contributed by atoms with Crippen LogP contribution in [0.4, 0.5) is 0 Å². The second-order valence-electron chi connectivity index (χ2n) is 7.08. The number of rotatable bonds is 3. The maximum atomic E-state index is 6.22. The van der Waals surface area contributed by atoms with Gasteiger partial charge in [0.05, 0.1) is 28.1 Å². The standard InChI is InChI=1S/C19H20Cl2N4/c1-12-2-4-13(5-3-12)10-25-11-23-16-7-17(21)24-18(19(16)25)14-6-15(20)9-22-8-14/h6-9,11-13H,2-5,10H2,1H3. The number of hydrogen-bond acceptors (Lipinski definition) is 3. The second kappa shape index (κ2) is 6.93. The van der Waals surface area contributed by atoms with Gasteiger partial charge < -0.3 is 4.57 Å². The van der Waals surface area contributed by atoms with Crippen molar-refractivity contribution in [2.45, 2.75) is 39.2 Å². The molecule has 1 aliphatic carbocycles. The second-order valence-corrected chi connectivity index (χ2v) is 7.90. The summed E-state index contributed by atoms with van der Waals surface area (Å²) in [4.78, 5) is 13.3. The maximum absolute atomic E-state index is 6.22. The highest BCUT2D eigenvalue weighted by Crippen LogP contribution is 2.33. The minimum absolute atomic E-state index is 0.430. The number of imidazole rings is 1. The normalized spacial score (nSPS) is 20.9. The van der Waals surface area contributed by atoms with Gasteiger partial charge in [-0.3, -0.25) is 4.98 Å². The highest BCUT2D eigenvalue weighted by atomic mass is 35.5. The summed E-state index contributed by atoms with van der Waals surface area (Å²) in [5, 5.41) is 1.01. The van der Waals surface area contributed by atoms with Gasteiger partial charge in [0.25, 0.3) is 0 Å². The van der Waals surface area contributed by atoms with Gasteiger partial charge >= 0.3 is 0 Å². The molecule has 4 rings (SSSR count). The summed E-state index contributed by atoms with van der Waals surface area (Å²) < 4.78 is 2.22. The van der Waals surface area contributed by atoms with E-state index in [1.165, 1.54) is 25.7 Å². The molecule has 3 heterocycles. The first-order chi connectivity index (χ1) is 12.1. The number of pyridine rings is 2. The van der Waals surface area contributed by atoms with Gasteiger partial charge in [0.2, 0.25) is 0 Å². The molecule has 0 aromatic carbocycles. The smallest absolute Gasteiger partial charge is 0.132 e. The van der Waals surface area contributed by atoms with Crippen molar-refractivity contribution in [3.05, 3.63) is 41.0 Å². The van der Waals surface area contributed by atoms with Crippen molar-refractivity contribution >= 4 is 34.2 Å². The SMILES string of the molecule is CC1CCC(Cn2cnc3cc(Cl)nc(-c4cncc(Cl)c4)c32)CC1. The van der Waals surface area contributed by atoms with E-state index in [1.54, 1.807) is 12.4 Å². The predicted molar refractivity (Wildman–Crippen MR) is 102 cm³/mol. The van der Waals surface area contributed by atoms with Crippen LogP contribution >= 0.6 is 23.2 Å². The fraction of sp³-hybridized carbons (Fsp3) is 0.421. The Balaban J connectivity index is 1.76. The van der Waals surface area contributed by atoms with Crippen LogP contribution in [0.3, 0.4) is 0 Å². The zero-order chi connectivity index (χ0) is 17.4. The molecule has 25 heavy (non-hydrogen) atoms. The molecule has 0 saturated heterocycles. The summed E-state index contributed by atoms with van der Waals surface area (Å²) in [5.41, 5.74) is 3.52. The third-order valence-corrected chi connectivity index (χ3v) is 5.53. The Morgan fingerprint density at radius 1 is 1.12 bits per heavy atom. The van der Waals surface area contributed by atoms with E-state index < -0.39 is 0 Å². The average molecular weight is 375 g/mol. The van der Waals surface area contributed by atoms with Crippen molar-refractivity contribution in [1.82, 2.24) is 19.5 Å². The first kappa shape index (κ1) is 16.8. The molecule has 0 radical (unpaired) electrons. The minimum Gasteiger partial charge on any atom is -0.329 e. The largest absolute Gasteiger partial charge is 0.329 e. The van der Waals surface area contributed by atoms with Crippen molar-refractivity contribution in [3.63, 3.8) is 0 Å². The molecule has 6 heteroatoms. The topological polar surface area (TPSA) is 43.6 Å². The van der Waals surface area contributed by atoms with Gasteiger partial charge in [-0.25, -0.2) is 9.97 Å². The summed E-state index contributed by atoms with van der Waals surface area (Å²) >= 11 is 12.3. The van der Waals surface area contributed by atoms with Crippen LogP contribution < -0.4 is 0 Å². The quantitative estimate of drug-likeness (QED) is 0.558. The molecule has 0 amide bonds. The van der Waals surface area contributed by atoms with Gasteiger partial charge in [0.15, 0.2) is 0 Å². The Labute approximate surface area is 157 Å². The Morgan fingerprint density at radius 3 is 2.68 bits per heavy atom. The molecule has 1 aliphatic rings. The molecule has 0 unspecified atom stereocenters. The molecule has 0 bridgehead atoms. The average Bonchev–Trinajstić information content (AvgIpc) is 2.99. The number of halogens is 2. The van der Waals surface area contributed by atoms with Gasteiger partial charge in [-0.1, -0.05) is 43.0 Å². The van der Waals surface area contributed by atoms with Crippen LogP contribution in [0.2, 0.25) is 10.2 Å². The Kier molecular flexibility index (Phi) is 4.65. The van der Waals surface area contributed by atoms with Crippen LogP contribution in [0, 0.1) is 11.8 Å². The highest BCUT2D eigenvalue weighted by molar-refractivity contribution is 6.31. The molecular formula is C19H20Cl2N4. The van der Waals surface area contributed by atoms with Gasteiger partial charge in [-0.05, 0) is 30.7 Å². The molecule has 0 atom stereocenters. The van der Waals surface area contributed by atoms with E-state index in [0.717, 1.165) is 34.8 Å². The summed E-state index contributed by atoms with van der Waals surface area (Å²) in [6.07, 6.45) is 10.5. The maximum Gasteiger partial charge on any atom is 0.132 e. The number of fused-ring (bicyclic) bond motifs is 1. The fourth-order valence-electron chi connectivity index (χ4n) is 3.74. The summed E-state index contributed by atoms with van der Waals surface area (Å²) in [5.74, 6) is 1.54. The van der Waals surface area contributed by atoms with Gasteiger partial charge in [0, 0.05) is 30.6 Å². The lowest BCUT2D eigenvalue weighted by atomic mass is 9.83. The third kappa shape index (κ3) is 3.51. The molecule has 4 nitrogen and oxygen atoms in total. The first-order valence-corrected chi connectivity index (χ1v) is 9.48. The van der Waals surface area contributed by atoms with Crippen LogP contribution in [0.15, 0.2) is 30.9 Å². The van der Waals surface area contributed by atoms with Crippen molar-refractivity contribution in [3.8, 4) is 11.3 Å². The van der Waals surface area contributed by atoms with Gasteiger partial charge in [0.1, 0.15) is 5.15 Å². The lowest BCUT2D eigenvalue weighted by molar-refractivity contribution is 0.266. The van der Waals surface area contributed by atoms with E-state index in [4.69, 9.17) is 23.2 Å². The van der Waals surface area contributed by atoms with E-state index in [0.29, 0.717) is 16.1 Å². The van der Waals surface area contributed by atoms with E-state index in [2.05, 4.69) is 26.4 Å². The summed E-state index contributed by atoms with van der Waals surface area (Å²) in [7, 11) is 0. The van der Waals surface area contributed by atoms with Crippen LogP contribution in [-0.2, 0) is 6.54 Å². The monoisotopic (exact) mass is 374 g/mol. The number of aromatic nitrogens is 4. The van der Waals surface area contributed by atoms with Crippen LogP contribution in [-0.4, -0.2) is 19.5 Å². The molecule has 1 saturated carbocycles. The molecule has 130 valence electrons. The van der Waals surface area contributed by atoms with E-state index >= 15 is 0 Å². The number of nitrogens with zero attached hydrogens (tertiary/aromatic N) is 4. The predicted octanol–water partition coefficient (Wildman–Crippen LogP) is 5.63. The van der Waals surface area contributed by atoms with E-state index in [1.807, 2.05) is 18.5 Å². The lowest BCUT2D eigenvalue weighted by Gasteiger charge is -2.26. The highest BCUT2D eigenvalue weighted by Gasteiger charge is 2.21. The van der Waals surface area contributed by atoms with Crippen molar-refractivity contribution in [1.29, 1.82) is 0 Å². The summed E-state index contributed by atoms with van der Waals surface area (Å²) in [6.45, 7) is 3.31. The van der Waals surface area contributed by atoms with Crippen LogP contribution in [0.25, 0.3) is 22.3 Å².